The zero-order chi connectivity index (χ0) is 20.0. The molecule has 0 saturated heterocycles. The molecule has 8 nitrogen and oxygen atoms in total. The third-order valence-electron chi connectivity index (χ3n) is 3.15. The van der Waals surface area contributed by atoms with Gasteiger partial charge in [-0.2, -0.15) is 5.26 Å². The molecule has 0 atom stereocenters. The second kappa shape index (κ2) is 8.53. The van der Waals surface area contributed by atoms with E-state index in [0.29, 0.717) is 5.69 Å². The number of benzene rings is 2. The molecule has 0 unspecified atom stereocenters. The summed E-state index contributed by atoms with van der Waals surface area (Å²) in [6, 6.07) is 12.1. The van der Waals surface area contributed by atoms with Gasteiger partial charge in [-0.05, 0) is 30.3 Å². The van der Waals surface area contributed by atoms with Gasteiger partial charge >= 0.3 is 5.97 Å². The summed E-state index contributed by atoms with van der Waals surface area (Å²) in [5.74, 6) is -1.49. The van der Waals surface area contributed by atoms with E-state index in [9.17, 15) is 18.0 Å². The van der Waals surface area contributed by atoms with Crippen LogP contribution in [0.4, 0.5) is 11.4 Å². The van der Waals surface area contributed by atoms with Gasteiger partial charge in [0, 0.05) is 5.69 Å². The minimum absolute atomic E-state index is 0.0304. The summed E-state index contributed by atoms with van der Waals surface area (Å²) in [7, 11) is -3.59. The van der Waals surface area contributed by atoms with Crippen LogP contribution in [0.2, 0.25) is 5.02 Å². The molecule has 10 heteroatoms. The molecule has 140 valence electrons. The molecule has 0 spiro atoms. The van der Waals surface area contributed by atoms with E-state index in [4.69, 9.17) is 21.6 Å². The zero-order valence-corrected chi connectivity index (χ0v) is 15.6. The number of nitrogens with zero attached hydrogens (tertiary/aromatic N) is 1. The summed E-state index contributed by atoms with van der Waals surface area (Å²) < 4.78 is 29.8. The molecule has 0 radical (unpaired) electrons. The molecule has 0 fully saturated rings. The number of carbonyl (C=O) groups is 2. The number of amides is 1. The third-order valence-corrected chi connectivity index (χ3v) is 4.05. The van der Waals surface area contributed by atoms with E-state index >= 15 is 0 Å². The quantitative estimate of drug-likeness (QED) is 0.708. The first-order valence-electron chi connectivity index (χ1n) is 7.43. The van der Waals surface area contributed by atoms with Gasteiger partial charge in [-0.25, -0.2) is 13.2 Å². The van der Waals surface area contributed by atoms with Crippen molar-refractivity contribution in [2.45, 2.75) is 0 Å². The normalized spacial score (nSPS) is 10.6. The van der Waals surface area contributed by atoms with Gasteiger partial charge in [0.2, 0.25) is 10.0 Å². The van der Waals surface area contributed by atoms with Crippen LogP contribution in [0.1, 0.15) is 15.9 Å². The molecule has 2 N–H and O–H groups in total. The predicted molar refractivity (Wildman–Crippen MR) is 100.0 cm³/mol. The molecule has 0 heterocycles. The van der Waals surface area contributed by atoms with Crippen LogP contribution in [0, 0.1) is 11.3 Å². The summed E-state index contributed by atoms with van der Waals surface area (Å²) in [5.41, 5.74) is 0.608. The van der Waals surface area contributed by atoms with E-state index in [2.05, 4.69) is 10.0 Å². The number of esters is 1. The molecule has 0 bridgehead atoms. The number of rotatable bonds is 6. The molecule has 2 rings (SSSR count). The lowest BCUT2D eigenvalue weighted by Crippen LogP contribution is -2.22. The molecule has 0 aliphatic carbocycles. The van der Waals surface area contributed by atoms with Crippen LogP contribution in [-0.4, -0.2) is 33.2 Å². The molecular weight excluding hydrogens is 394 g/mol. The van der Waals surface area contributed by atoms with E-state index in [-0.39, 0.29) is 21.8 Å². The molecule has 0 aliphatic heterocycles. The van der Waals surface area contributed by atoms with Gasteiger partial charge in [-0.3, -0.25) is 9.52 Å². The van der Waals surface area contributed by atoms with E-state index in [0.717, 1.165) is 6.26 Å². The lowest BCUT2D eigenvalue weighted by Gasteiger charge is -2.11. The number of ether oxygens (including phenoxy) is 1. The highest BCUT2D eigenvalue weighted by atomic mass is 35.5. The molecule has 0 saturated carbocycles. The molecular formula is C17H14ClN3O5S. The molecule has 0 aliphatic rings. The maximum absolute atomic E-state index is 12.2. The number of carbonyl (C=O) groups excluding carboxylic acids is 2. The number of nitrogens with one attached hydrogen (secondary N) is 2. The Balaban J connectivity index is 2.01. The number of halogens is 1. The van der Waals surface area contributed by atoms with Crippen LogP contribution < -0.4 is 10.0 Å². The first-order chi connectivity index (χ1) is 12.7. The van der Waals surface area contributed by atoms with Gasteiger partial charge in [-0.15, -0.1) is 0 Å². The van der Waals surface area contributed by atoms with Gasteiger partial charge in [0.1, 0.15) is 6.07 Å². The van der Waals surface area contributed by atoms with Crippen molar-refractivity contribution in [3.8, 4) is 6.07 Å². The van der Waals surface area contributed by atoms with Gasteiger partial charge in [-0.1, -0.05) is 23.7 Å². The van der Waals surface area contributed by atoms with Crippen molar-refractivity contribution in [1.29, 1.82) is 5.26 Å². The standard InChI is InChI=1S/C17H14ClN3O5S/c1-27(24,25)21-15-5-3-2-4-13(15)17(23)26-10-16(22)20-12-7-6-11(9-19)14(18)8-12/h2-8,21H,10H2,1H3,(H,20,22). The Kier molecular flexibility index (Phi) is 6.39. The fourth-order valence-corrected chi connectivity index (χ4v) is 2.84. The van der Waals surface area contributed by atoms with Crippen LogP contribution in [0.5, 0.6) is 0 Å². The lowest BCUT2D eigenvalue weighted by molar-refractivity contribution is -0.119. The number of hydrogen-bond donors (Lipinski definition) is 2. The SMILES string of the molecule is CS(=O)(=O)Nc1ccccc1C(=O)OCC(=O)Nc1ccc(C#N)c(Cl)c1. The van der Waals surface area contributed by atoms with Crippen LogP contribution in [0.25, 0.3) is 0 Å². The van der Waals surface area contributed by atoms with Crippen LogP contribution in [0.3, 0.4) is 0 Å². The van der Waals surface area contributed by atoms with E-state index in [1.165, 1.54) is 36.4 Å². The minimum atomic E-state index is -3.59. The van der Waals surface area contributed by atoms with Crippen molar-refractivity contribution in [2.75, 3.05) is 22.9 Å². The highest BCUT2D eigenvalue weighted by Gasteiger charge is 2.16. The maximum atomic E-state index is 12.2. The smallest absolute Gasteiger partial charge is 0.340 e. The van der Waals surface area contributed by atoms with Gasteiger partial charge in [0.25, 0.3) is 5.91 Å². The van der Waals surface area contributed by atoms with Crippen LogP contribution in [-0.2, 0) is 19.6 Å². The highest BCUT2D eigenvalue weighted by molar-refractivity contribution is 7.92. The zero-order valence-electron chi connectivity index (χ0n) is 14.0. The molecule has 0 aromatic heterocycles. The predicted octanol–water partition coefficient (Wildman–Crippen LogP) is 2.38. The summed E-state index contributed by atoms with van der Waals surface area (Å²) in [6.07, 6.45) is 0.950. The number of sulfonamides is 1. The largest absolute Gasteiger partial charge is 0.452 e. The molecule has 27 heavy (non-hydrogen) atoms. The summed E-state index contributed by atoms with van der Waals surface area (Å²) in [4.78, 5) is 24.1. The van der Waals surface area contributed by atoms with E-state index < -0.39 is 28.5 Å². The minimum Gasteiger partial charge on any atom is -0.452 e. The second-order valence-electron chi connectivity index (χ2n) is 5.35. The number of hydrogen-bond acceptors (Lipinski definition) is 6. The Labute approximate surface area is 160 Å². The van der Waals surface area contributed by atoms with Crippen molar-refractivity contribution in [1.82, 2.24) is 0 Å². The number of nitriles is 1. The van der Waals surface area contributed by atoms with E-state index in [1.54, 1.807) is 6.07 Å². The first kappa shape index (κ1) is 20.2. The van der Waals surface area contributed by atoms with Crippen LogP contribution in [0.15, 0.2) is 42.5 Å². The second-order valence-corrected chi connectivity index (χ2v) is 7.51. The summed E-state index contributed by atoms with van der Waals surface area (Å²) >= 11 is 5.88. The van der Waals surface area contributed by atoms with Gasteiger partial charge < -0.3 is 10.1 Å². The van der Waals surface area contributed by atoms with Crippen molar-refractivity contribution < 1.29 is 22.7 Å². The Morgan fingerprint density at radius 1 is 1.22 bits per heavy atom. The molecule has 2 aromatic carbocycles. The lowest BCUT2D eigenvalue weighted by atomic mass is 10.2. The summed E-state index contributed by atoms with van der Waals surface area (Å²) in [5, 5.41) is 11.5. The van der Waals surface area contributed by atoms with E-state index in [1.807, 2.05) is 6.07 Å². The Hall–Kier alpha value is -3.09. The monoisotopic (exact) mass is 407 g/mol. The first-order valence-corrected chi connectivity index (χ1v) is 9.70. The van der Waals surface area contributed by atoms with Crippen molar-refractivity contribution in [3.63, 3.8) is 0 Å². The third kappa shape index (κ3) is 5.99. The maximum Gasteiger partial charge on any atom is 0.340 e. The molecule has 1 amide bonds. The average molecular weight is 408 g/mol. The van der Waals surface area contributed by atoms with Crippen molar-refractivity contribution in [2.24, 2.45) is 0 Å². The van der Waals surface area contributed by atoms with Crippen molar-refractivity contribution in [3.05, 3.63) is 58.6 Å². The number of para-hydroxylation sites is 1. The van der Waals surface area contributed by atoms with Crippen LogP contribution >= 0.6 is 11.6 Å². The molecule has 2 aromatic rings. The van der Waals surface area contributed by atoms with Crippen molar-refractivity contribution >= 4 is 44.9 Å². The Morgan fingerprint density at radius 3 is 2.56 bits per heavy atom. The average Bonchev–Trinajstić information content (AvgIpc) is 2.59. The fraction of sp³-hybridized carbons (Fsp3) is 0.118. The summed E-state index contributed by atoms with van der Waals surface area (Å²) in [6.45, 7) is -0.594. The number of anilines is 2. The van der Waals surface area contributed by atoms with Gasteiger partial charge in [0.15, 0.2) is 6.61 Å². The Morgan fingerprint density at radius 2 is 1.93 bits per heavy atom. The highest BCUT2D eigenvalue weighted by Crippen LogP contribution is 2.20. The fourth-order valence-electron chi connectivity index (χ4n) is 2.04. The Bertz CT molecular complexity index is 1030. The topological polar surface area (TPSA) is 125 Å². The van der Waals surface area contributed by atoms with Gasteiger partial charge in [0.05, 0.1) is 28.1 Å².